The van der Waals surface area contributed by atoms with Crippen LogP contribution in [0.5, 0.6) is 5.75 Å². The van der Waals surface area contributed by atoms with E-state index in [-0.39, 0.29) is 0 Å². The standard InChI is InChI=1S/C23H41N4O4P/c1-2-3-4-5-6-7-8-11-22-12-9-10-13-23(22)31-32(24,28)27(25-14-18-29-19-15-25)26-16-20-30-21-17-26/h9-10,12-13H,2-8,11,14-21H2,1H3,(H2,24,28). The van der Waals surface area contributed by atoms with Crippen LogP contribution in [0.15, 0.2) is 24.3 Å². The minimum Gasteiger partial charge on any atom is -0.420 e. The molecule has 2 aliphatic rings. The van der Waals surface area contributed by atoms with E-state index in [2.05, 4.69) is 13.0 Å². The zero-order valence-corrected chi connectivity index (χ0v) is 20.5. The Morgan fingerprint density at radius 1 is 0.906 bits per heavy atom. The van der Waals surface area contributed by atoms with Gasteiger partial charge in [-0.3, -0.25) is 0 Å². The average Bonchev–Trinajstić information content (AvgIpc) is 2.80. The van der Waals surface area contributed by atoms with Crippen LogP contribution >= 0.6 is 7.67 Å². The number of nitrogens with two attached hydrogens (primary N) is 1. The Hall–Kier alpha value is -0.990. The minimum atomic E-state index is -3.67. The second-order valence-electron chi connectivity index (χ2n) is 8.53. The summed E-state index contributed by atoms with van der Waals surface area (Å²) in [7, 11) is -3.67. The fourth-order valence-electron chi connectivity index (χ4n) is 4.25. The van der Waals surface area contributed by atoms with Gasteiger partial charge in [0.1, 0.15) is 5.75 Å². The first-order valence-electron chi connectivity index (χ1n) is 12.2. The Morgan fingerprint density at radius 2 is 1.44 bits per heavy atom. The van der Waals surface area contributed by atoms with Crippen LogP contribution in [-0.2, 0) is 20.5 Å². The highest BCUT2D eigenvalue weighted by molar-refractivity contribution is 7.54. The van der Waals surface area contributed by atoms with Crippen LogP contribution < -0.4 is 10.0 Å². The first kappa shape index (κ1) is 25.6. The molecular weight excluding hydrogens is 427 g/mol. The molecule has 0 aromatic heterocycles. The summed E-state index contributed by atoms with van der Waals surface area (Å²) in [5.74, 6) is 0.621. The maximum atomic E-state index is 13.8. The van der Waals surface area contributed by atoms with E-state index >= 15 is 0 Å². The van der Waals surface area contributed by atoms with E-state index in [9.17, 15) is 4.57 Å². The van der Waals surface area contributed by atoms with Crippen molar-refractivity contribution in [2.24, 2.45) is 5.50 Å². The van der Waals surface area contributed by atoms with Crippen molar-refractivity contribution >= 4 is 7.67 Å². The maximum absolute atomic E-state index is 13.8. The predicted molar refractivity (Wildman–Crippen MR) is 127 cm³/mol. The van der Waals surface area contributed by atoms with E-state index in [1.165, 1.54) is 38.5 Å². The molecule has 2 heterocycles. The third kappa shape index (κ3) is 7.80. The number of nitrogens with zero attached hydrogens (tertiary/aromatic N) is 3. The summed E-state index contributed by atoms with van der Waals surface area (Å²) in [4.78, 5) is 1.67. The number of rotatable bonds is 13. The monoisotopic (exact) mass is 468 g/mol. The Bertz CT molecular complexity index is 693. The lowest BCUT2D eigenvalue weighted by Crippen LogP contribution is -2.58. The molecule has 2 fully saturated rings. The lowest BCUT2D eigenvalue weighted by molar-refractivity contribution is -0.174. The average molecular weight is 469 g/mol. The Kier molecular flexibility index (Phi) is 10.9. The molecule has 2 saturated heterocycles. The van der Waals surface area contributed by atoms with Gasteiger partial charge in [-0.15, -0.1) is 0 Å². The minimum absolute atomic E-state index is 0.579. The molecule has 2 N–H and O–H groups in total. The highest BCUT2D eigenvalue weighted by Gasteiger charge is 2.40. The van der Waals surface area contributed by atoms with E-state index in [1.807, 2.05) is 28.2 Å². The normalized spacial score (nSPS) is 20.3. The zero-order valence-electron chi connectivity index (χ0n) is 19.6. The Balaban J connectivity index is 1.64. The smallest absolute Gasteiger partial charge is 0.418 e. The van der Waals surface area contributed by atoms with Crippen LogP contribution in [0.4, 0.5) is 0 Å². The van der Waals surface area contributed by atoms with E-state index in [0.29, 0.717) is 58.4 Å². The van der Waals surface area contributed by atoms with Gasteiger partial charge in [-0.05, 0) is 24.5 Å². The number of hydrogen-bond acceptors (Lipinski definition) is 6. The van der Waals surface area contributed by atoms with E-state index in [1.54, 1.807) is 4.89 Å². The molecule has 0 aliphatic carbocycles. The SMILES string of the molecule is CCCCCCCCCc1ccccc1OP(N)(=O)N(N1CCOCC1)N1CCOCC1. The van der Waals surface area contributed by atoms with Crippen molar-refractivity contribution in [2.45, 2.75) is 58.3 Å². The molecule has 0 radical (unpaired) electrons. The highest BCUT2D eigenvalue weighted by atomic mass is 31.2. The van der Waals surface area contributed by atoms with E-state index in [4.69, 9.17) is 19.5 Å². The summed E-state index contributed by atoms with van der Waals surface area (Å²) in [6.45, 7) is 7.06. The lowest BCUT2D eigenvalue weighted by Gasteiger charge is -2.45. The van der Waals surface area contributed by atoms with Gasteiger partial charge in [-0.1, -0.05) is 68.5 Å². The van der Waals surface area contributed by atoms with Crippen molar-refractivity contribution in [1.82, 2.24) is 14.9 Å². The Labute approximate surface area is 193 Å². The second-order valence-corrected chi connectivity index (χ2v) is 10.2. The van der Waals surface area contributed by atoms with Gasteiger partial charge >= 0.3 is 7.67 Å². The fourth-order valence-corrected chi connectivity index (χ4v) is 5.84. The van der Waals surface area contributed by atoms with Crippen molar-refractivity contribution in [1.29, 1.82) is 0 Å². The molecule has 0 spiro atoms. The molecule has 1 aromatic carbocycles. The van der Waals surface area contributed by atoms with Gasteiger partial charge in [0.15, 0.2) is 0 Å². The molecule has 182 valence electrons. The molecule has 1 atom stereocenters. The largest absolute Gasteiger partial charge is 0.420 e. The van der Waals surface area contributed by atoms with Crippen LogP contribution in [0.3, 0.4) is 0 Å². The first-order valence-corrected chi connectivity index (χ1v) is 13.9. The summed E-state index contributed by atoms with van der Waals surface area (Å²) in [6.07, 6.45) is 9.69. The number of ether oxygens (including phenoxy) is 2. The van der Waals surface area contributed by atoms with Crippen LogP contribution in [0, 0.1) is 0 Å². The van der Waals surface area contributed by atoms with Gasteiger partial charge < -0.3 is 14.0 Å². The number of hydrogen-bond donors (Lipinski definition) is 1. The summed E-state index contributed by atoms with van der Waals surface area (Å²) in [5, 5.41) is 3.99. The summed E-state index contributed by atoms with van der Waals surface area (Å²) in [6, 6.07) is 7.86. The molecule has 0 bridgehead atoms. The predicted octanol–water partition coefficient (Wildman–Crippen LogP) is 4.22. The maximum Gasteiger partial charge on any atom is 0.418 e. The summed E-state index contributed by atoms with van der Waals surface area (Å²) >= 11 is 0. The van der Waals surface area contributed by atoms with Gasteiger partial charge in [0.25, 0.3) is 0 Å². The molecule has 0 saturated carbocycles. The van der Waals surface area contributed by atoms with Crippen molar-refractivity contribution in [2.75, 3.05) is 52.6 Å². The van der Waals surface area contributed by atoms with E-state index < -0.39 is 7.67 Å². The molecule has 3 rings (SSSR count). The first-order chi connectivity index (χ1) is 15.6. The number of para-hydroxylation sites is 1. The number of unbranched alkanes of at least 4 members (excludes halogenated alkanes) is 6. The molecular formula is C23H41N4O4P. The third-order valence-corrected chi connectivity index (χ3v) is 7.44. The van der Waals surface area contributed by atoms with Gasteiger partial charge in [0.2, 0.25) is 0 Å². The van der Waals surface area contributed by atoms with Gasteiger partial charge in [0.05, 0.1) is 26.4 Å². The van der Waals surface area contributed by atoms with Crippen LogP contribution in [0.2, 0.25) is 0 Å². The fraction of sp³-hybridized carbons (Fsp3) is 0.739. The zero-order chi connectivity index (χ0) is 22.7. The molecule has 0 amide bonds. The third-order valence-electron chi connectivity index (χ3n) is 5.98. The number of hydrazine groups is 2. The molecule has 8 nitrogen and oxygen atoms in total. The van der Waals surface area contributed by atoms with Crippen LogP contribution in [0.25, 0.3) is 0 Å². The van der Waals surface area contributed by atoms with Crippen molar-refractivity contribution in [3.63, 3.8) is 0 Å². The molecule has 9 heteroatoms. The van der Waals surface area contributed by atoms with E-state index in [0.717, 1.165) is 18.4 Å². The van der Waals surface area contributed by atoms with Gasteiger partial charge in [0, 0.05) is 26.2 Å². The second kappa shape index (κ2) is 13.7. The van der Waals surface area contributed by atoms with Crippen molar-refractivity contribution < 1.29 is 18.6 Å². The number of benzene rings is 1. The van der Waals surface area contributed by atoms with Crippen molar-refractivity contribution in [3.8, 4) is 5.75 Å². The lowest BCUT2D eigenvalue weighted by atomic mass is 10.0. The van der Waals surface area contributed by atoms with Crippen molar-refractivity contribution in [3.05, 3.63) is 29.8 Å². The van der Waals surface area contributed by atoms with Gasteiger partial charge in [-0.2, -0.15) is 0 Å². The molecule has 2 aliphatic heterocycles. The topological polar surface area (TPSA) is 80.5 Å². The highest BCUT2D eigenvalue weighted by Crippen LogP contribution is 2.46. The quantitative estimate of drug-likeness (QED) is 0.340. The molecule has 32 heavy (non-hydrogen) atoms. The molecule has 1 aromatic rings. The molecule has 1 unspecified atom stereocenters. The van der Waals surface area contributed by atoms with Gasteiger partial charge in [-0.25, -0.2) is 20.1 Å². The number of morpholine rings is 2. The van der Waals surface area contributed by atoms with Crippen LogP contribution in [-0.4, -0.2) is 67.5 Å². The van der Waals surface area contributed by atoms with Crippen LogP contribution in [0.1, 0.15) is 57.4 Å². The summed E-state index contributed by atoms with van der Waals surface area (Å²) < 4.78 is 30.9. The summed E-state index contributed by atoms with van der Waals surface area (Å²) in [5.41, 5.74) is 7.51. The number of aryl methyl sites for hydroxylation is 1. The Morgan fingerprint density at radius 3 is 2.03 bits per heavy atom.